The second kappa shape index (κ2) is 5.94. The van der Waals surface area contributed by atoms with Gasteiger partial charge in [0.05, 0.1) is 5.56 Å². The molecule has 1 aliphatic heterocycles. The van der Waals surface area contributed by atoms with Crippen LogP contribution in [0.5, 0.6) is 11.5 Å². The van der Waals surface area contributed by atoms with Gasteiger partial charge in [0.2, 0.25) is 5.78 Å². The zero-order valence-electron chi connectivity index (χ0n) is 12.0. The average Bonchev–Trinajstić information content (AvgIpc) is 2.81. The molecule has 1 atom stereocenters. The third kappa shape index (κ3) is 2.76. The molecule has 5 heteroatoms. The van der Waals surface area contributed by atoms with Gasteiger partial charge < -0.3 is 14.4 Å². The van der Waals surface area contributed by atoms with E-state index < -0.39 is 6.10 Å². The lowest BCUT2D eigenvalue weighted by Crippen LogP contribution is -2.40. The summed E-state index contributed by atoms with van der Waals surface area (Å²) in [5, 5.41) is 0. The molecule has 1 heterocycles. The van der Waals surface area contributed by atoms with Gasteiger partial charge in [-0.2, -0.15) is 0 Å². The van der Waals surface area contributed by atoms with Crippen molar-refractivity contribution in [2.45, 2.75) is 26.9 Å². The van der Waals surface area contributed by atoms with E-state index in [1.807, 2.05) is 13.8 Å². The van der Waals surface area contributed by atoms with Gasteiger partial charge in [0.25, 0.3) is 5.91 Å². The van der Waals surface area contributed by atoms with E-state index in [4.69, 9.17) is 9.47 Å². The van der Waals surface area contributed by atoms with Crippen LogP contribution in [0.3, 0.4) is 0 Å². The van der Waals surface area contributed by atoms with Crippen LogP contribution >= 0.6 is 0 Å². The van der Waals surface area contributed by atoms with Gasteiger partial charge in [0.15, 0.2) is 12.7 Å². The molecule has 0 saturated heterocycles. The number of Topliss-reactive ketones (excluding diaryl/α,β-unsaturated/α-hetero) is 1. The minimum absolute atomic E-state index is 0.0289. The summed E-state index contributed by atoms with van der Waals surface area (Å²) in [4.78, 5) is 25.3. The van der Waals surface area contributed by atoms with E-state index in [1.165, 1.54) is 0 Å². The predicted molar refractivity (Wildman–Crippen MR) is 74.3 cm³/mol. The number of carbonyl (C=O) groups excluding carboxylic acids is 2. The first-order chi connectivity index (χ1) is 9.56. The molecule has 1 unspecified atom stereocenters. The number of carbonyl (C=O) groups is 2. The largest absolute Gasteiger partial charge is 0.485 e. The van der Waals surface area contributed by atoms with Crippen molar-refractivity contribution in [2.75, 3.05) is 19.7 Å². The quantitative estimate of drug-likeness (QED) is 0.825. The Morgan fingerprint density at radius 2 is 2.10 bits per heavy atom. The minimum atomic E-state index is -0.565. The molecule has 0 bridgehead atoms. The Balaban J connectivity index is 2.07. The average molecular weight is 277 g/mol. The second-order valence-corrected chi connectivity index (χ2v) is 4.64. The highest BCUT2D eigenvalue weighted by Gasteiger charge is 2.23. The SMILES string of the molecule is CCN(CC)C(=O)C(C)Oc1ccc2c(c1)OCC2=O. The minimum Gasteiger partial charge on any atom is -0.485 e. The third-order valence-corrected chi connectivity index (χ3v) is 3.35. The van der Waals surface area contributed by atoms with Crippen molar-refractivity contribution < 1.29 is 19.1 Å². The summed E-state index contributed by atoms with van der Waals surface area (Å²) in [6.07, 6.45) is -0.565. The molecule has 0 saturated carbocycles. The van der Waals surface area contributed by atoms with Crippen molar-refractivity contribution in [1.82, 2.24) is 4.90 Å². The molecule has 1 aliphatic rings. The lowest BCUT2D eigenvalue weighted by molar-refractivity contribution is -0.137. The summed E-state index contributed by atoms with van der Waals surface area (Å²) >= 11 is 0. The van der Waals surface area contributed by atoms with Crippen LogP contribution < -0.4 is 9.47 Å². The highest BCUT2D eigenvalue weighted by Crippen LogP contribution is 2.30. The summed E-state index contributed by atoms with van der Waals surface area (Å²) < 4.78 is 10.9. The van der Waals surface area contributed by atoms with Gasteiger partial charge in [-0.25, -0.2) is 0 Å². The smallest absolute Gasteiger partial charge is 0.263 e. The predicted octanol–water partition coefficient (Wildman–Crippen LogP) is 1.90. The van der Waals surface area contributed by atoms with Crippen LogP contribution in [0.4, 0.5) is 0 Å². The lowest BCUT2D eigenvalue weighted by atomic mass is 10.1. The van der Waals surface area contributed by atoms with Crippen LogP contribution in [-0.2, 0) is 4.79 Å². The fourth-order valence-electron chi connectivity index (χ4n) is 2.19. The number of ether oxygens (including phenoxy) is 2. The van der Waals surface area contributed by atoms with E-state index in [-0.39, 0.29) is 18.3 Å². The molecule has 0 fully saturated rings. The van der Waals surface area contributed by atoms with Crippen molar-refractivity contribution in [1.29, 1.82) is 0 Å². The maximum absolute atomic E-state index is 12.1. The van der Waals surface area contributed by atoms with E-state index in [0.717, 1.165) is 0 Å². The number of rotatable bonds is 5. The van der Waals surface area contributed by atoms with Gasteiger partial charge in [-0.3, -0.25) is 9.59 Å². The summed E-state index contributed by atoms with van der Waals surface area (Å²) in [5.41, 5.74) is 0.570. The van der Waals surface area contributed by atoms with E-state index in [2.05, 4.69) is 0 Å². The Kier molecular flexibility index (Phi) is 4.27. The Morgan fingerprint density at radius 3 is 2.75 bits per heavy atom. The maximum atomic E-state index is 12.1. The Hall–Kier alpha value is -2.04. The van der Waals surface area contributed by atoms with Gasteiger partial charge in [-0.05, 0) is 32.9 Å². The first kappa shape index (κ1) is 14.4. The van der Waals surface area contributed by atoms with Crippen molar-refractivity contribution in [2.24, 2.45) is 0 Å². The zero-order chi connectivity index (χ0) is 14.7. The van der Waals surface area contributed by atoms with E-state index in [1.54, 1.807) is 30.0 Å². The third-order valence-electron chi connectivity index (χ3n) is 3.35. The highest BCUT2D eigenvalue weighted by molar-refractivity contribution is 6.02. The molecule has 2 rings (SSSR count). The molecule has 0 radical (unpaired) electrons. The fraction of sp³-hybridized carbons (Fsp3) is 0.467. The summed E-state index contributed by atoms with van der Waals surface area (Å²) in [7, 11) is 0. The molecule has 5 nitrogen and oxygen atoms in total. The number of hydrogen-bond donors (Lipinski definition) is 0. The first-order valence-corrected chi connectivity index (χ1v) is 6.82. The van der Waals surface area contributed by atoms with E-state index >= 15 is 0 Å². The molecule has 1 amide bonds. The van der Waals surface area contributed by atoms with E-state index in [0.29, 0.717) is 30.2 Å². The molecule has 1 aromatic carbocycles. The molecule has 0 N–H and O–H groups in total. The summed E-state index contributed by atoms with van der Waals surface area (Å²) in [6.45, 7) is 6.98. The molecule has 0 aromatic heterocycles. The fourth-order valence-corrected chi connectivity index (χ4v) is 2.19. The van der Waals surface area contributed by atoms with Gasteiger partial charge in [-0.15, -0.1) is 0 Å². The highest BCUT2D eigenvalue weighted by atomic mass is 16.5. The molecule has 108 valence electrons. The Bertz CT molecular complexity index is 523. The van der Waals surface area contributed by atoms with E-state index in [9.17, 15) is 9.59 Å². The van der Waals surface area contributed by atoms with Crippen molar-refractivity contribution >= 4 is 11.7 Å². The molecular formula is C15H19NO4. The maximum Gasteiger partial charge on any atom is 0.263 e. The van der Waals surface area contributed by atoms with Crippen LogP contribution in [-0.4, -0.2) is 42.4 Å². The van der Waals surface area contributed by atoms with Crippen molar-refractivity contribution in [3.63, 3.8) is 0 Å². The standard InChI is InChI=1S/C15H19NO4/c1-4-16(5-2)15(18)10(3)20-11-6-7-12-13(17)9-19-14(12)8-11/h6-8,10H,4-5,9H2,1-3H3. The Labute approximate surface area is 118 Å². The number of nitrogens with zero attached hydrogens (tertiary/aromatic N) is 1. The van der Waals surface area contributed by atoms with Crippen LogP contribution in [0.25, 0.3) is 0 Å². The van der Waals surface area contributed by atoms with Crippen LogP contribution in [0.15, 0.2) is 18.2 Å². The molecule has 0 aliphatic carbocycles. The number of fused-ring (bicyclic) bond motifs is 1. The Morgan fingerprint density at radius 1 is 1.40 bits per heavy atom. The number of amides is 1. The normalized spacial score (nSPS) is 14.4. The number of ketones is 1. The number of benzene rings is 1. The zero-order valence-corrected chi connectivity index (χ0v) is 12.0. The summed E-state index contributed by atoms with van der Waals surface area (Å²) in [5.74, 6) is 0.979. The van der Waals surface area contributed by atoms with Crippen LogP contribution in [0.1, 0.15) is 31.1 Å². The second-order valence-electron chi connectivity index (χ2n) is 4.64. The monoisotopic (exact) mass is 277 g/mol. The molecule has 20 heavy (non-hydrogen) atoms. The topological polar surface area (TPSA) is 55.8 Å². The molecule has 1 aromatic rings. The van der Waals surface area contributed by atoms with Gasteiger partial charge in [-0.1, -0.05) is 0 Å². The molecule has 0 spiro atoms. The molecular weight excluding hydrogens is 258 g/mol. The summed E-state index contributed by atoms with van der Waals surface area (Å²) in [6, 6.07) is 5.03. The first-order valence-electron chi connectivity index (χ1n) is 6.82. The van der Waals surface area contributed by atoms with Crippen molar-refractivity contribution in [3.05, 3.63) is 23.8 Å². The number of likely N-dealkylation sites (N-methyl/N-ethyl adjacent to an activating group) is 1. The number of hydrogen-bond acceptors (Lipinski definition) is 4. The van der Waals surface area contributed by atoms with Gasteiger partial charge in [0, 0.05) is 19.2 Å². The van der Waals surface area contributed by atoms with Gasteiger partial charge >= 0.3 is 0 Å². The van der Waals surface area contributed by atoms with Crippen LogP contribution in [0, 0.1) is 0 Å². The van der Waals surface area contributed by atoms with Crippen molar-refractivity contribution in [3.8, 4) is 11.5 Å². The lowest BCUT2D eigenvalue weighted by Gasteiger charge is -2.23. The van der Waals surface area contributed by atoms with Crippen LogP contribution in [0.2, 0.25) is 0 Å². The van der Waals surface area contributed by atoms with Gasteiger partial charge in [0.1, 0.15) is 11.5 Å².